The molecule has 0 spiro atoms. The zero-order chi connectivity index (χ0) is 10.7. The third-order valence-corrected chi connectivity index (χ3v) is 3.28. The fourth-order valence-electron chi connectivity index (χ4n) is 1.25. The molecule has 15 heavy (non-hydrogen) atoms. The van der Waals surface area contributed by atoms with Crippen molar-refractivity contribution in [2.45, 2.75) is 17.6 Å². The first-order chi connectivity index (χ1) is 7.24. The van der Waals surface area contributed by atoms with Gasteiger partial charge in [0.2, 0.25) is 0 Å². The highest BCUT2D eigenvalue weighted by atomic mass is 35.5. The molecule has 0 aliphatic heterocycles. The van der Waals surface area contributed by atoms with E-state index in [2.05, 4.69) is 0 Å². The first-order valence-electron chi connectivity index (χ1n) is 4.68. The summed E-state index contributed by atoms with van der Waals surface area (Å²) in [5.41, 5.74) is 0. The topological polar surface area (TPSA) is 13.1 Å². The van der Waals surface area contributed by atoms with E-state index in [4.69, 9.17) is 16.0 Å². The van der Waals surface area contributed by atoms with Gasteiger partial charge < -0.3 is 4.42 Å². The van der Waals surface area contributed by atoms with Crippen LogP contribution in [0.25, 0.3) is 0 Å². The maximum Gasteiger partial charge on any atom is 0.114 e. The highest BCUT2D eigenvalue weighted by Gasteiger charge is 2.00. The van der Waals surface area contributed by atoms with E-state index in [-0.39, 0.29) is 0 Å². The Labute approximate surface area is 98.4 Å². The molecule has 1 nitrogen and oxygen atoms in total. The van der Waals surface area contributed by atoms with Crippen molar-refractivity contribution in [1.82, 2.24) is 0 Å². The first-order valence-corrected chi connectivity index (χ1v) is 6.04. The molecule has 0 radical (unpaired) electrons. The summed E-state index contributed by atoms with van der Waals surface area (Å²) in [6.45, 7) is 1.95. The molecule has 0 bridgehead atoms. The van der Waals surface area contributed by atoms with Gasteiger partial charge in [-0.2, -0.15) is 0 Å². The lowest BCUT2D eigenvalue weighted by atomic mass is 10.4. The van der Waals surface area contributed by atoms with Crippen molar-refractivity contribution in [3.8, 4) is 0 Å². The maximum absolute atomic E-state index is 5.80. The number of furan rings is 1. The van der Waals surface area contributed by atoms with E-state index in [1.807, 2.05) is 43.3 Å². The molecule has 0 unspecified atom stereocenters. The van der Waals surface area contributed by atoms with Crippen LogP contribution in [-0.4, -0.2) is 0 Å². The van der Waals surface area contributed by atoms with E-state index in [1.165, 1.54) is 4.90 Å². The van der Waals surface area contributed by atoms with Crippen LogP contribution < -0.4 is 0 Å². The SMILES string of the molecule is Cc1ccc(CSc2ccc(Cl)cc2)o1. The van der Waals surface area contributed by atoms with Gasteiger partial charge in [-0.05, 0) is 43.3 Å². The number of thioether (sulfide) groups is 1. The third-order valence-electron chi connectivity index (χ3n) is 1.99. The molecule has 0 aliphatic carbocycles. The summed E-state index contributed by atoms with van der Waals surface area (Å²) in [7, 11) is 0. The molecule has 1 heterocycles. The van der Waals surface area contributed by atoms with Gasteiger partial charge in [0.05, 0.1) is 5.75 Å². The Bertz CT molecular complexity index is 433. The average molecular weight is 239 g/mol. The highest BCUT2D eigenvalue weighted by Crippen LogP contribution is 2.24. The number of hydrogen-bond donors (Lipinski definition) is 0. The van der Waals surface area contributed by atoms with Gasteiger partial charge in [-0.25, -0.2) is 0 Å². The molecule has 0 aliphatic rings. The zero-order valence-electron chi connectivity index (χ0n) is 8.37. The summed E-state index contributed by atoms with van der Waals surface area (Å²) >= 11 is 7.55. The second-order valence-electron chi connectivity index (χ2n) is 3.25. The van der Waals surface area contributed by atoms with Crippen molar-refractivity contribution < 1.29 is 4.42 Å². The Morgan fingerprint density at radius 1 is 1.13 bits per heavy atom. The van der Waals surface area contributed by atoms with Crippen LogP contribution in [0.2, 0.25) is 5.02 Å². The van der Waals surface area contributed by atoms with Crippen LogP contribution in [0.3, 0.4) is 0 Å². The molecule has 78 valence electrons. The summed E-state index contributed by atoms with van der Waals surface area (Å²) in [6, 6.07) is 11.8. The Kier molecular flexibility index (Phi) is 3.39. The Morgan fingerprint density at radius 2 is 1.87 bits per heavy atom. The van der Waals surface area contributed by atoms with Crippen molar-refractivity contribution >= 4 is 23.4 Å². The van der Waals surface area contributed by atoms with Crippen molar-refractivity contribution in [1.29, 1.82) is 0 Å². The number of aryl methyl sites for hydroxylation is 1. The number of benzene rings is 1. The van der Waals surface area contributed by atoms with Gasteiger partial charge in [-0.15, -0.1) is 11.8 Å². The van der Waals surface area contributed by atoms with Crippen molar-refractivity contribution in [2.75, 3.05) is 0 Å². The van der Waals surface area contributed by atoms with E-state index < -0.39 is 0 Å². The summed E-state index contributed by atoms with van der Waals surface area (Å²) < 4.78 is 5.48. The average Bonchev–Trinajstić information content (AvgIpc) is 2.64. The molecule has 0 amide bonds. The van der Waals surface area contributed by atoms with Crippen LogP contribution in [0, 0.1) is 6.92 Å². The Balaban J connectivity index is 1.96. The fourth-order valence-corrected chi connectivity index (χ4v) is 2.17. The van der Waals surface area contributed by atoms with Crippen molar-refractivity contribution in [3.05, 3.63) is 52.9 Å². The first kappa shape index (κ1) is 10.7. The van der Waals surface area contributed by atoms with Crippen LogP contribution in [-0.2, 0) is 5.75 Å². The van der Waals surface area contributed by atoms with E-state index in [1.54, 1.807) is 11.8 Å². The number of hydrogen-bond acceptors (Lipinski definition) is 2. The zero-order valence-corrected chi connectivity index (χ0v) is 9.94. The molecule has 2 aromatic rings. The lowest BCUT2D eigenvalue weighted by molar-refractivity contribution is 0.501. The molecule has 1 aromatic carbocycles. The van der Waals surface area contributed by atoms with Crippen molar-refractivity contribution in [3.63, 3.8) is 0 Å². The fraction of sp³-hybridized carbons (Fsp3) is 0.167. The van der Waals surface area contributed by atoms with Crippen LogP contribution in [0.1, 0.15) is 11.5 Å². The Hall–Kier alpha value is -0.860. The predicted octanol–water partition coefficient (Wildman–Crippen LogP) is 4.53. The number of rotatable bonds is 3. The monoisotopic (exact) mass is 238 g/mol. The predicted molar refractivity (Wildman–Crippen MR) is 64.5 cm³/mol. The maximum atomic E-state index is 5.80. The molecule has 2 rings (SSSR count). The van der Waals surface area contributed by atoms with E-state index in [9.17, 15) is 0 Å². The van der Waals surface area contributed by atoms with Gasteiger partial charge in [-0.1, -0.05) is 11.6 Å². The van der Waals surface area contributed by atoms with Crippen molar-refractivity contribution in [2.24, 2.45) is 0 Å². The highest BCUT2D eigenvalue weighted by molar-refractivity contribution is 7.98. The van der Waals surface area contributed by atoms with E-state index in [0.717, 1.165) is 22.3 Å². The molecule has 0 saturated heterocycles. The standard InChI is InChI=1S/C12H11ClOS/c1-9-2-5-11(14-9)8-15-12-6-3-10(13)4-7-12/h2-7H,8H2,1H3. The molecule has 0 atom stereocenters. The van der Waals surface area contributed by atoms with Gasteiger partial charge >= 0.3 is 0 Å². The van der Waals surface area contributed by atoms with Crippen LogP contribution in [0.4, 0.5) is 0 Å². The quantitative estimate of drug-likeness (QED) is 0.729. The summed E-state index contributed by atoms with van der Waals surface area (Å²) in [6.07, 6.45) is 0. The van der Waals surface area contributed by atoms with Gasteiger partial charge in [0, 0.05) is 9.92 Å². The third kappa shape index (κ3) is 3.05. The Morgan fingerprint density at radius 3 is 2.47 bits per heavy atom. The molecule has 0 saturated carbocycles. The molecule has 3 heteroatoms. The summed E-state index contributed by atoms with van der Waals surface area (Å²) in [5.74, 6) is 2.82. The normalized spacial score (nSPS) is 10.5. The summed E-state index contributed by atoms with van der Waals surface area (Å²) in [5, 5.41) is 0.771. The lowest BCUT2D eigenvalue weighted by Crippen LogP contribution is -1.75. The van der Waals surface area contributed by atoms with Crippen LogP contribution in [0.5, 0.6) is 0 Å². The van der Waals surface area contributed by atoms with Gasteiger partial charge in [0.1, 0.15) is 11.5 Å². The van der Waals surface area contributed by atoms with E-state index >= 15 is 0 Å². The molecule has 0 fully saturated rings. The molecule has 1 aromatic heterocycles. The largest absolute Gasteiger partial charge is 0.465 e. The van der Waals surface area contributed by atoms with E-state index in [0.29, 0.717) is 0 Å². The summed E-state index contributed by atoms with van der Waals surface area (Å²) in [4.78, 5) is 1.20. The minimum Gasteiger partial charge on any atom is -0.465 e. The van der Waals surface area contributed by atoms with Crippen LogP contribution in [0.15, 0.2) is 45.7 Å². The second kappa shape index (κ2) is 4.77. The number of halogens is 1. The molecular formula is C12H11ClOS. The van der Waals surface area contributed by atoms with Gasteiger partial charge in [0.25, 0.3) is 0 Å². The molecular weight excluding hydrogens is 228 g/mol. The lowest BCUT2D eigenvalue weighted by Gasteiger charge is -1.99. The molecule has 0 N–H and O–H groups in total. The van der Waals surface area contributed by atoms with Gasteiger partial charge in [-0.3, -0.25) is 0 Å². The van der Waals surface area contributed by atoms with Gasteiger partial charge in [0.15, 0.2) is 0 Å². The minimum absolute atomic E-state index is 0.771. The minimum atomic E-state index is 0.771. The smallest absolute Gasteiger partial charge is 0.114 e. The van der Waals surface area contributed by atoms with Crippen LogP contribution >= 0.6 is 23.4 Å². The second-order valence-corrected chi connectivity index (χ2v) is 4.74.